The highest BCUT2D eigenvalue weighted by atomic mass is 32.2. The number of hydrogen-bond donors (Lipinski definition) is 1. The minimum absolute atomic E-state index is 0.0584. The molecule has 1 aliphatic carbocycles. The number of benzene rings is 1. The molecule has 1 aliphatic heterocycles. The summed E-state index contributed by atoms with van der Waals surface area (Å²) in [6.45, 7) is 2.63. The van der Waals surface area contributed by atoms with E-state index >= 15 is 0 Å². The molecule has 1 N–H and O–H groups in total. The van der Waals surface area contributed by atoms with E-state index in [0.29, 0.717) is 11.5 Å². The molecule has 1 saturated carbocycles. The molecule has 0 spiro atoms. The summed E-state index contributed by atoms with van der Waals surface area (Å²) < 4.78 is 33.5. The lowest BCUT2D eigenvalue weighted by atomic mass is 9.80. The summed E-state index contributed by atoms with van der Waals surface area (Å²) in [6, 6.07) is 7.00. The van der Waals surface area contributed by atoms with Gasteiger partial charge in [-0.05, 0) is 31.9 Å². The van der Waals surface area contributed by atoms with Crippen LogP contribution in [0.25, 0.3) is 0 Å². The lowest BCUT2D eigenvalue weighted by molar-refractivity contribution is 0.201. The molecule has 20 heavy (non-hydrogen) atoms. The van der Waals surface area contributed by atoms with E-state index in [-0.39, 0.29) is 11.6 Å². The lowest BCUT2D eigenvalue weighted by Gasteiger charge is -2.36. The summed E-state index contributed by atoms with van der Waals surface area (Å²) in [5.41, 5.74) is 0.670. The van der Waals surface area contributed by atoms with Crippen molar-refractivity contribution in [3.8, 4) is 0 Å². The summed E-state index contributed by atoms with van der Waals surface area (Å²) in [5, 5.41) is 0. The number of sulfonamides is 1. The summed E-state index contributed by atoms with van der Waals surface area (Å²) >= 11 is 0. The molecule has 1 aromatic carbocycles. The van der Waals surface area contributed by atoms with Crippen molar-refractivity contribution >= 4 is 10.0 Å². The first kappa shape index (κ1) is 14.0. The fourth-order valence-corrected chi connectivity index (χ4v) is 4.57. The van der Waals surface area contributed by atoms with Gasteiger partial charge in [0.2, 0.25) is 10.0 Å². The van der Waals surface area contributed by atoms with Crippen molar-refractivity contribution in [2.45, 2.75) is 55.6 Å². The molecule has 1 atom stereocenters. The molecular weight excluding hydrogens is 274 g/mol. The van der Waals surface area contributed by atoms with Crippen molar-refractivity contribution < 1.29 is 13.2 Å². The quantitative estimate of drug-likeness (QED) is 0.868. The molecule has 1 heterocycles. The van der Waals surface area contributed by atoms with Crippen LogP contribution in [0.15, 0.2) is 29.2 Å². The minimum atomic E-state index is -3.47. The molecule has 2 fully saturated rings. The number of rotatable bonds is 4. The first-order valence-corrected chi connectivity index (χ1v) is 8.72. The third-order valence-corrected chi connectivity index (χ3v) is 5.93. The van der Waals surface area contributed by atoms with Crippen LogP contribution >= 0.6 is 0 Å². The molecule has 4 nitrogen and oxygen atoms in total. The average molecular weight is 295 g/mol. The fraction of sp³-hybridized carbons (Fsp3) is 0.600. The Hall–Kier alpha value is -0.910. The molecule has 0 aromatic heterocycles. The highest BCUT2D eigenvalue weighted by molar-refractivity contribution is 7.89. The van der Waals surface area contributed by atoms with Gasteiger partial charge in [0.05, 0.1) is 17.0 Å². The van der Waals surface area contributed by atoms with Gasteiger partial charge in [-0.25, -0.2) is 13.1 Å². The van der Waals surface area contributed by atoms with E-state index < -0.39 is 10.0 Å². The van der Waals surface area contributed by atoms with Crippen LogP contribution in [0.5, 0.6) is 0 Å². The van der Waals surface area contributed by atoms with Crippen LogP contribution in [0.1, 0.15) is 37.7 Å². The Morgan fingerprint density at radius 3 is 2.30 bits per heavy atom. The van der Waals surface area contributed by atoms with Crippen molar-refractivity contribution in [2.75, 3.05) is 6.61 Å². The van der Waals surface area contributed by atoms with Crippen LogP contribution in [0.2, 0.25) is 0 Å². The van der Waals surface area contributed by atoms with Gasteiger partial charge < -0.3 is 4.74 Å². The minimum Gasteiger partial charge on any atom is -0.371 e. The van der Waals surface area contributed by atoms with Crippen LogP contribution in [0.4, 0.5) is 0 Å². The highest BCUT2D eigenvalue weighted by Gasteiger charge is 2.49. The Labute approximate surface area is 120 Å². The molecule has 5 heteroatoms. The number of aryl methyl sites for hydroxylation is 1. The molecule has 1 saturated heterocycles. The second-order valence-electron chi connectivity index (χ2n) is 5.96. The molecule has 110 valence electrons. The SMILES string of the molecule is Cc1ccc(S(=O)(=O)NC2([C@H]3CO3)CCCCC2)cc1. The molecule has 2 aliphatic rings. The van der Waals surface area contributed by atoms with Gasteiger partial charge in [0, 0.05) is 0 Å². The summed E-state index contributed by atoms with van der Waals surface area (Å²) in [7, 11) is -3.47. The Morgan fingerprint density at radius 2 is 1.75 bits per heavy atom. The van der Waals surface area contributed by atoms with E-state index in [1.54, 1.807) is 12.1 Å². The number of hydrogen-bond acceptors (Lipinski definition) is 3. The highest BCUT2D eigenvalue weighted by Crippen LogP contribution is 2.38. The predicted octanol–water partition coefficient (Wildman–Crippen LogP) is 2.38. The molecule has 0 radical (unpaired) electrons. The average Bonchev–Trinajstić information content (AvgIpc) is 3.24. The molecule has 1 aromatic rings. The van der Waals surface area contributed by atoms with Crippen LogP contribution in [-0.4, -0.2) is 26.7 Å². The van der Waals surface area contributed by atoms with Crippen LogP contribution in [0, 0.1) is 6.92 Å². The zero-order chi connectivity index (χ0) is 14.2. The van der Waals surface area contributed by atoms with E-state index in [4.69, 9.17) is 4.74 Å². The second kappa shape index (κ2) is 5.13. The van der Waals surface area contributed by atoms with Crippen molar-refractivity contribution in [1.82, 2.24) is 4.72 Å². The van der Waals surface area contributed by atoms with Crippen molar-refractivity contribution in [3.63, 3.8) is 0 Å². The third-order valence-electron chi connectivity index (χ3n) is 4.36. The van der Waals surface area contributed by atoms with Crippen LogP contribution < -0.4 is 4.72 Å². The Bertz CT molecular complexity index is 570. The van der Waals surface area contributed by atoms with Crippen LogP contribution in [0.3, 0.4) is 0 Å². The van der Waals surface area contributed by atoms with Gasteiger partial charge in [-0.15, -0.1) is 0 Å². The number of nitrogens with one attached hydrogen (secondary N) is 1. The summed E-state index contributed by atoms with van der Waals surface area (Å²) in [4.78, 5) is 0.341. The van der Waals surface area contributed by atoms with Crippen LogP contribution in [-0.2, 0) is 14.8 Å². The van der Waals surface area contributed by atoms with Crippen molar-refractivity contribution in [1.29, 1.82) is 0 Å². The molecular formula is C15H21NO3S. The van der Waals surface area contributed by atoms with Crippen molar-refractivity contribution in [3.05, 3.63) is 29.8 Å². The van der Waals surface area contributed by atoms with Gasteiger partial charge in [0.1, 0.15) is 6.10 Å². The largest absolute Gasteiger partial charge is 0.371 e. The number of epoxide rings is 1. The van der Waals surface area contributed by atoms with E-state index in [1.165, 1.54) is 6.42 Å². The normalized spacial score (nSPS) is 25.4. The number of ether oxygens (including phenoxy) is 1. The first-order chi connectivity index (χ1) is 9.52. The molecule has 0 amide bonds. The maximum absolute atomic E-state index is 12.6. The third kappa shape index (κ3) is 2.75. The van der Waals surface area contributed by atoms with E-state index in [2.05, 4.69) is 4.72 Å². The maximum Gasteiger partial charge on any atom is 0.241 e. The van der Waals surface area contributed by atoms with Crippen molar-refractivity contribution in [2.24, 2.45) is 0 Å². The second-order valence-corrected chi connectivity index (χ2v) is 7.64. The molecule has 0 unspecified atom stereocenters. The van der Waals surface area contributed by atoms with E-state index in [1.807, 2.05) is 19.1 Å². The monoisotopic (exact) mass is 295 g/mol. The topological polar surface area (TPSA) is 58.7 Å². The Balaban J connectivity index is 1.85. The van der Waals surface area contributed by atoms with Gasteiger partial charge in [0.25, 0.3) is 0 Å². The lowest BCUT2D eigenvalue weighted by Crippen LogP contribution is -2.53. The maximum atomic E-state index is 12.6. The fourth-order valence-electron chi connectivity index (χ4n) is 3.08. The first-order valence-electron chi connectivity index (χ1n) is 7.24. The Morgan fingerprint density at radius 1 is 1.15 bits per heavy atom. The zero-order valence-corrected chi connectivity index (χ0v) is 12.6. The van der Waals surface area contributed by atoms with E-state index in [9.17, 15) is 8.42 Å². The van der Waals surface area contributed by atoms with Gasteiger partial charge in [-0.2, -0.15) is 0 Å². The standard InChI is InChI=1S/C15H21NO3S/c1-12-5-7-13(8-6-12)20(17,18)16-15(14-11-19-14)9-3-2-4-10-15/h5-8,14,16H,2-4,9-11H2,1H3/t14-/m1/s1. The summed E-state index contributed by atoms with van der Waals surface area (Å²) in [6.07, 6.45) is 5.13. The van der Waals surface area contributed by atoms with Gasteiger partial charge in [0.15, 0.2) is 0 Å². The Kier molecular flexibility index (Phi) is 3.60. The smallest absolute Gasteiger partial charge is 0.241 e. The predicted molar refractivity (Wildman–Crippen MR) is 77.1 cm³/mol. The molecule has 0 bridgehead atoms. The zero-order valence-electron chi connectivity index (χ0n) is 11.8. The van der Waals surface area contributed by atoms with Gasteiger partial charge >= 0.3 is 0 Å². The molecule has 3 rings (SSSR count). The van der Waals surface area contributed by atoms with Gasteiger partial charge in [-0.3, -0.25) is 0 Å². The summed E-state index contributed by atoms with van der Waals surface area (Å²) in [5.74, 6) is 0. The van der Waals surface area contributed by atoms with Gasteiger partial charge in [-0.1, -0.05) is 37.0 Å². The van der Waals surface area contributed by atoms with E-state index in [0.717, 1.165) is 31.2 Å².